The fourth-order valence-electron chi connectivity index (χ4n) is 5.36. The summed E-state index contributed by atoms with van der Waals surface area (Å²) in [6.07, 6.45) is 10.4. The summed E-state index contributed by atoms with van der Waals surface area (Å²) < 4.78 is 0.0725. The molecule has 37 heavy (non-hydrogen) atoms. The molecule has 2 aliphatic rings. The maximum atomic E-state index is 2.59. The molecule has 0 atom stereocenters. The average molecular weight is 613 g/mol. The summed E-state index contributed by atoms with van der Waals surface area (Å²) in [5.41, 5.74) is 11.8. The fraction of sp³-hybridized carbons (Fsp3) is 0.412. The van der Waals surface area contributed by atoms with Crippen LogP contribution in [0.25, 0.3) is 0 Å². The summed E-state index contributed by atoms with van der Waals surface area (Å²) in [6, 6.07) is 19.1. The second kappa shape index (κ2) is 11.2. The minimum Gasteiger partial charge on any atom is -1.00 e. The molecule has 0 amide bonds. The molecule has 0 saturated carbocycles. The summed E-state index contributed by atoms with van der Waals surface area (Å²) in [4.78, 5) is 0. The predicted molar refractivity (Wildman–Crippen MR) is 149 cm³/mol. The van der Waals surface area contributed by atoms with Crippen molar-refractivity contribution in [3.05, 3.63) is 117 Å². The van der Waals surface area contributed by atoms with Crippen LogP contribution in [0.3, 0.4) is 0 Å². The number of benzene rings is 2. The molecule has 4 rings (SSSR count). The molecule has 0 unspecified atom stereocenters. The Labute approximate surface area is 250 Å². The first-order chi connectivity index (χ1) is 16.2. The Morgan fingerprint density at radius 3 is 0.919 bits per heavy atom. The molecular formula is C34H42Cl2Zr. The first-order valence-corrected chi connectivity index (χ1v) is 15.4. The van der Waals surface area contributed by atoms with Crippen LogP contribution < -0.4 is 24.8 Å². The van der Waals surface area contributed by atoms with Crippen molar-refractivity contribution >= 4 is 0 Å². The van der Waals surface area contributed by atoms with Crippen LogP contribution in [0.4, 0.5) is 0 Å². The van der Waals surface area contributed by atoms with Gasteiger partial charge in [0.2, 0.25) is 0 Å². The maximum Gasteiger partial charge on any atom is -1.00 e. The summed E-state index contributed by atoms with van der Waals surface area (Å²) in [5, 5.41) is 0. The first kappa shape index (κ1) is 32.1. The van der Waals surface area contributed by atoms with Crippen molar-refractivity contribution in [2.75, 3.05) is 0 Å². The summed E-state index contributed by atoms with van der Waals surface area (Å²) >= 11 is -1.17. The molecule has 2 aromatic rings. The number of rotatable bonds is 4. The Bertz CT molecular complexity index is 1110. The van der Waals surface area contributed by atoms with E-state index in [9.17, 15) is 0 Å². The van der Waals surface area contributed by atoms with Crippen molar-refractivity contribution in [1.29, 1.82) is 0 Å². The van der Waals surface area contributed by atoms with E-state index in [1.807, 2.05) is 0 Å². The van der Waals surface area contributed by atoms with E-state index in [4.69, 9.17) is 0 Å². The zero-order valence-corrected chi connectivity index (χ0v) is 28.2. The topological polar surface area (TPSA) is 0 Å². The predicted octanol–water partition coefficient (Wildman–Crippen LogP) is 3.28. The van der Waals surface area contributed by atoms with Gasteiger partial charge in [-0.15, -0.1) is 0 Å². The molecule has 2 aliphatic carbocycles. The van der Waals surface area contributed by atoms with Crippen LogP contribution in [0.5, 0.6) is 0 Å². The van der Waals surface area contributed by atoms with Gasteiger partial charge in [0.15, 0.2) is 0 Å². The molecule has 2 aromatic carbocycles. The van der Waals surface area contributed by atoms with Crippen LogP contribution in [0.2, 0.25) is 0 Å². The standard InChI is InChI=1S/2C17H21.2ClH.Zr/c2*1-12-10-15(11-13(12)2)14-6-8-16(9-7-14)17(3,4)5;;;/h2*6-11H,1-5H3;2*1H;/q;;;;+2/p-2. The quantitative estimate of drug-likeness (QED) is 0.498. The van der Waals surface area contributed by atoms with Crippen molar-refractivity contribution in [3.63, 3.8) is 0 Å². The van der Waals surface area contributed by atoms with Crippen LogP contribution in [-0.4, -0.2) is 0 Å². The minimum atomic E-state index is -1.17. The molecule has 0 nitrogen and oxygen atoms in total. The third kappa shape index (κ3) is 6.37. The second-order valence-corrected chi connectivity index (χ2v) is 17.5. The van der Waals surface area contributed by atoms with E-state index in [0.717, 1.165) is 0 Å². The van der Waals surface area contributed by atoms with E-state index in [-0.39, 0.29) is 41.9 Å². The van der Waals surface area contributed by atoms with E-state index in [0.29, 0.717) is 0 Å². The fourth-order valence-corrected chi connectivity index (χ4v) is 11.4. The van der Waals surface area contributed by atoms with Gasteiger partial charge in [0.25, 0.3) is 0 Å². The van der Waals surface area contributed by atoms with E-state index in [1.54, 1.807) is 0 Å². The Morgan fingerprint density at radius 2 is 0.703 bits per heavy atom. The van der Waals surface area contributed by atoms with E-state index in [2.05, 4.69) is 142 Å². The van der Waals surface area contributed by atoms with Gasteiger partial charge in [-0.25, -0.2) is 0 Å². The van der Waals surface area contributed by atoms with Gasteiger partial charge in [-0.1, -0.05) is 0 Å². The molecule has 0 heterocycles. The van der Waals surface area contributed by atoms with Crippen molar-refractivity contribution in [1.82, 2.24) is 0 Å². The SMILES string of the molecule is CC1=C[C]([Zr+2][C]2(c3ccc(C(C)(C)C)cc3)C=C(C)C(C)=C2)(c2ccc(C(C)(C)C)cc2)C=C1C.[Cl-].[Cl-]. The molecule has 0 N–H and O–H groups in total. The molecule has 3 heteroatoms. The number of hydrogen-bond acceptors (Lipinski definition) is 0. The van der Waals surface area contributed by atoms with Gasteiger partial charge in [0.1, 0.15) is 0 Å². The van der Waals surface area contributed by atoms with Crippen molar-refractivity contribution in [2.24, 2.45) is 0 Å². The molecule has 0 bridgehead atoms. The Kier molecular flexibility index (Phi) is 9.67. The summed E-state index contributed by atoms with van der Waals surface area (Å²) in [6.45, 7) is 23.0. The van der Waals surface area contributed by atoms with Crippen LogP contribution in [-0.2, 0) is 40.3 Å². The van der Waals surface area contributed by atoms with Crippen LogP contribution >= 0.6 is 0 Å². The van der Waals surface area contributed by atoms with Crippen molar-refractivity contribution in [2.45, 2.75) is 86.3 Å². The third-order valence-electron chi connectivity index (χ3n) is 7.89. The van der Waals surface area contributed by atoms with Gasteiger partial charge in [0, 0.05) is 0 Å². The zero-order valence-electron chi connectivity index (χ0n) is 24.2. The Balaban J connectivity index is 0.00000241. The molecule has 196 valence electrons. The summed E-state index contributed by atoms with van der Waals surface area (Å²) in [7, 11) is 0. The minimum absolute atomic E-state index is 0. The van der Waals surface area contributed by atoms with Crippen molar-refractivity contribution in [3.8, 4) is 0 Å². The normalized spacial score (nSPS) is 18.0. The average Bonchev–Trinajstić information content (AvgIpc) is 3.22. The van der Waals surface area contributed by atoms with Gasteiger partial charge in [-0.3, -0.25) is 0 Å². The Morgan fingerprint density at radius 1 is 0.459 bits per heavy atom. The van der Waals surface area contributed by atoms with Crippen LogP contribution in [0, 0.1) is 0 Å². The molecule has 0 aromatic heterocycles. The zero-order chi connectivity index (χ0) is 25.8. The van der Waals surface area contributed by atoms with Gasteiger partial charge >= 0.3 is 227 Å². The van der Waals surface area contributed by atoms with E-state index < -0.39 is 23.2 Å². The number of halogens is 2. The molecule has 0 aliphatic heterocycles. The van der Waals surface area contributed by atoms with E-state index >= 15 is 0 Å². The molecule has 0 fully saturated rings. The van der Waals surface area contributed by atoms with Gasteiger partial charge in [-0.2, -0.15) is 0 Å². The monoisotopic (exact) mass is 610 g/mol. The number of hydrogen-bond donors (Lipinski definition) is 0. The molecule has 0 saturated heterocycles. The number of allylic oxidation sites excluding steroid dienone is 8. The third-order valence-corrected chi connectivity index (χ3v) is 12.8. The largest absolute Gasteiger partial charge is 1.00 e. The Hall–Kier alpha value is -1.14. The van der Waals surface area contributed by atoms with E-state index in [1.165, 1.54) is 44.5 Å². The molecule has 0 spiro atoms. The van der Waals surface area contributed by atoms with Gasteiger partial charge in [-0.05, 0) is 0 Å². The van der Waals surface area contributed by atoms with Gasteiger partial charge < -0.3 is 24.8 Å². The molecular weight excluding hydrogens is 571 g/mol. The second-order valence-electron chi connectivity index (χ2n) is 12.8. The van der Waals surface area contributed by atoms with Crippen LogP contribution in [0.1, 0.15) is 91.5 Å². The first-order valence-electron chi connectivity index (χ1n) is 13.0. The van der Waals surface area contributed by atoms with Crippen molar-refractivity contribution < 1.29 is 48.0 Å². The summed E-state index contributed by atoms with van der Waals surface area (Å²) in [5.74, 6) is 0. The van der Waals surface area contributed by atoms with Gasteiger partial charge in [0.05, 0.1) is 0 Å². The molecule has 0 radical (unpaired) electrons. The smallest absolute Gasteiger partial charge is 1.00 e. The van der Waals surface area contributed by atoms with Crippen LogP contribution in [0.15, 0.2) is 95.1 Å². The maximum absolute atomic E-state index is 2.59.